The molecule has 0 amide bonds. The first-order valence-corrected chi connectivity index (χ1v) is 9.33. The molecule has 1 aromatic carbocycles. The Labute approximate surface area is 169 Å². The third-order valence-electron chi connectivity index (χ3n) is 4.84. The van der Waals surface area contributed by atoms with Gasteiger partial charge in [-0.15, -0.1) is 0 Å². The number of H-pyrrole nitrogens is 1. The lowest BCUT2D eigenvalue weighted by molar-refractivity contribution is 0.617. The molecule has 2 N–H and O–H groups in total. The first-order valence-electron chi connectivity index (χ1n) is 9.33. The summed E-state index contributed by atoms with van der Waals surface area (Å²) in [6.07, 6.45) is 6.24. The van der Waals surface area contributed by atoms with E-state index in [0.717, 1.165) is 6.20 Å². The molecule has 8 nitrogen and oxygen atoms in total. The molecule has 0 aliphatic carbocycles. The van der Waals surface area contributed by atoms with Gasteiger partial charge in [-0.25, -0.2) is 28.7 Å². The van der Waals surface area contributed by atoms with E-state index in [1.54, 1.807) is 17.0 Å². The number of rotatable bonds is 5. The van der Waals surface area contributed by atoms with Crippen molar-refractivity contribution in [3.8, 4) is 5.69 Å². The predicted molar refractivity (Wildman–Crippen MR) is 107 cm³/mol. The number of pyridine rings is 1. The van der Waals surface area contributed by atoms with Gasteiger partial charge in [0.05, 0.1) is 41.5 Å². The molecular formula is C20H16F2N8. The van der Waals surface area contributed by atoms with Crippen molar-refractivity contribution in [3.05, 3.63) is 66.8 Å². The van der Waals surface area contributed by atoms with E-state index in [4.69, 9.17) is 4.98 Å². The molecule has 0 unspecified atom stereocenters. The van der Waals surface area contributed by atoms with Gasteiger partial charge in [0, 0.05) is 12.1 Å². The van der Waals surface area contributed by atoms with E-state index in [9.17, 15) is 8.78 Å². The summed E-state index contributed by atoms with van der Waals surface area (Å²) in [4.78, 5) is 24.3. The van der Waals surface area contributed by atoms with E-state index in [-0.39, 0.29) is 6.04 Å². The van der Waals surface area contributed by atoms with Crippen LogP contribution in [0.25, 0.3) is 27.9 Å². The van der Waals surface area contributed by atoms with Crippen molar-refractivity contribution in [3.63, 3.8) is 0 Å². The van der Waals surface area contributed by atoms with Crippen molar-refractivity contribution in [2.75, 3.05) is 5.32 Å². The van der Waals surface area contributed by atoms with E-state index < -0.39 is 11.6 Å². The van der Waals surface area contributed by atoms with E-state index in [0.29, 0.717) is 45.9 Å². The van der Waals surface area contributed by atoms with Gasteiger partial charge in [0.15, 0.2) is 11.5 Å². The lowest BCUT2D eigenvalue weighted by atomic mass is 10.2. The van der Waals surface area contributed by atoms with Crippen molar-refractivity contribution in [2.24, 2.45) is 0 Å². The zero-order chi connectivity index (χ0) is 20.7. The minimum Gasteiger partial charge on any atom is -0.358 e. The molecule has 5 aromatic rings. The highest BCUT2D eigenvalue weighted by Gasteiger charge is 2.22. The number of benzene rings is 1. The normalized spacial score (nSPS) is 12.5. The number of nitrogens with one attached hydrogen (secondary N) is 2. The SMILES string of the molecule is CC[C@H](Nc1ncnc2nc[nH]c12)c1nc2ccc(F)cc2n1-c1cncc(F)c1. The first kappa shape index (κ1) is 18.1. The zero-order valence-electron chi connectivity index (χ0n) is 15.8. The second-order valence-corrected chi connectivity index (χ2v) is 6.73. The van der Waals surface area contributed by atoms with Gasteiger partial charge in [-0.2, -0.15) is 0 Å². The maximum atomic E-state index is 14.0. The highest BCUT2D eigenvalue weighted by molar-refractivity contribution is 5.82. The fraction of sp³-hybridized carbons (Fsp3) is 0.150. The number of nitrogens with zero attached hydrogens (tertiary/aromatic N) is 6. The topological polar surface area (TPSA) is 97.2 Å². The summed E-state index contributed by atoms with van der Waals surface area (Å²) in [6.45, 7) is 1.98. The van der Waals surface area contributed by atoms with Gasteiger partial charge in [-0.3, -0.25) is 9.55 Å². The standard InChI is InChI=1S/C20H16F2N8/c1-2-14(28-19-17-18(25-9-24-17)26-10-27-19)20-29-15-4-3-11(21)6-16(15)30(20)13-5-12(22)7-23-8-13/h3-10,14H,2H2,1H3,(H2,24,25,26,27,28)/t14-/m0/s1. The van der Waals surface area contributed by atoms with Crippen LogP contribution in [0.2, 0.25) is 0 Å². The quantitative estimate of drug-likeness (QED) is 0.459. The summed E-state index contributed by atoms with van der Waals surface area (Å²) in [6, 6.07) is 5.35. The molecule has 4 aromatic heterocycles. The minimum atomic E-state index is -0.493. The summed E-state index contributed by atoms with van der Waals surface area (Å²) >= 11 is 0. The summed E-state index contributed by atoms with van der Waals surface area (Å²) in [5, 5.41) is 3.36. The Morgan fingerprint density at radius 1 is 1.10 bits per heavy atom. The molecule has 150 valence electrons. The monoisotopic (exact) mass is 406 g/mol. The molecule has 1 atom stereocenters. The number of imidazole rings is 2. The van der Waals surface area contributed by atoms with E-state index in [2.05, 4.69) is 30.2 Å². The molecule has 0 fully saturated rings. The highest BCUT2D eigenvalue weighted by Crippen LogP contribution is 2.30. The van der Waals surface area contributed by atoms with Gasteiger partial charge in [0.1, 0.15) is 29.3 Å². The second-order valence-electron chi connectivity index (χ2n) is 6.73. The lowest BCUT2D eigenvalue weighted by Crippen LogP contribution is -2.16. The van der Waals surface area contributed by atoms with Crippen LogP contribution in [0.4, 0.5) is 14.6 Å². The van der Waals surface area contributed by atoms with Crippen molar-refractivity contribution in [2.45, 2.75) is 19.4 Å². The molecule has 0 radical (unpaired) electrons. The zero-order valence-corrected chi connectivity index (χ0v) is 15.8. The summed E-state index contributed by atoms with van der Waals surface area (Å²) < 4.78 is 29.6. The van der Waals surface area contributed by atoms with Gasteiger partial charge in [0.25, 0.3) is 0 Å². The van der Waals surface area contributed by atoms with Crippen LogP contribution in [0.15, 0.2) is 49.3 Å². The third kappa shape index (κ3) is 3.02. The van der Waals surface area contributed by atoms with Gasteiger partial charge < -0.3 is 10.3 Å². The van der Waals surface area contributed by atoms with E-state index in [1.807, 2.05) is 6.92 Å². The van der Waals surface area contributed by atoms with Gasteiger partial charge in [0.2, 0.25) is 0 Å². The van der Waals surface area contributed by atoms with Crippen LogP contribution >= 0.6 is 0 Å². The number of fused-ring (bicyclic) bond motifs is 2. The largest absolute Gasteiger partial charge is 0.358 e. The second kappa shape index (κ2) is 7.14. The van der Waals surface area contributed by atoms with Crippen LogP contribution in [0.3, 0.4) is 0 Å². The lowest BCUT2D eigenvalue weighted by Gasteiger charge is -2.19. The summed E-state index contributed by atoms with van der Waals surface area (Å²) in [5.41, 5.74) is 2.76. The molecule has 5 rings (SSSR count). The average Bonchev–Trinajstić information content (AvgIpc) is 3.36. The molecule has 30 heavy (non-hydrogen) atoms. The highest BCUT2D eigenvalue weighted by atomic mass is 19.1. The van der Waals surface area contributed by atoms with Crippen LogP contribution in [0, 0.1) is 11.6 Å². The van der Waals surface area contributed by atoms with Gasteiger partial charge in [-0.1, -0.05) is 6.92 Å². The number of anilines is 1. The van der Waals surface area contributed by atoms with E-state index in [1.165, 1.54) is 30.7 Å². The fourth-order valence-corrected chi connectivity index (χ4v) is 3.48. The van der Waals surface area contributed by atoms with Crippen LogP contribution in [0.1, 0.15) is 25.2 Å². The van der Waals surface area contributed by atoms with Crippen molar-refractivity contribution in [1.29, 1.82) is 0 Å². The Bertz CT molecular complexity index is 1360. The summed E-state index contributed by atoms with van der Waals surface area (Å²) in [7, 11) is 0. The number of hydrogen-bond donors (Lipinski definition) is 2. The van der Waals surface area contributed by atoms with Gasteiger partial charge >= 0.3 is 0 Å². The molecule has 0 saturated heterocycles. The molecule has 0 spiro atoms. The Balaban J connectivity index is 1.68. The molecule has 0 aliphatic heterocycles. The Morgan fingerprint density at radius 2 is 2.00 bits per heavy atom. The number of halogens is 2. The van der Waals surface area contributed by atoms with Crippen LogP contribution in [-0.4, -0.2) is 34.5 Å². The fourth-order valence-electron chi connectivity index (χ4n) is 3.48. The summed E-state index contributed by atoms with van der Waals surface area (Å²) in [5.74, 6) is 0.242. The Morgan fingerprint density at radius 3 is 2.83 bits per heavy atom. The molecule has 0 bridgehead atoms. The molecule has 0 saturated carbocycles. The maximum Gasteiger partial charge on any atom is 0.182 e. The minimum absolute atomic E-state index is 0.315. The number of hydrogen-bond acceptors (Lipinski definition) is 6. The molecule has 0 aliphatic rings. The van der Waals surface area contributed by atoms with Crippen molar-refractivity contribution < 1.29 is 8.78 Å². The smallest absolute Gasteiger partial charge is 0.182 e. The van der Waals surface area contributed by atoms with Crippen LogP contribution in [0.5, 0.6) is 0 Å². The number of aromatic amines is 1. The van der Waals surface area contributed by atoms with Crippen molar-refractivity contribution >= 4 is 28.0 Å². The van der Waals surface area contributed by atoms with Crippen LogP contribution in [-0.2, 0) is 0 Å². The molecule has 10 heteroatoms. The average molecular weight is 406 g/mol. The first-order chi connectivity index (χ1) is 14.6. The third-order valence-corrected chi connectivity index (χ3v) is 4.84. The molecular weight excluding hydrogens is 390 g/mol. The van der Waals surface area contributed by atoms with Crippen LogP contribution < -0.4 is 5.32 Å². The van der Waals surface area contributed by atoms with E-state index >= 15 is 0 Å². The number of aromatic nitrogens is 7. The Kier molecular flexibility index (Phi) is 4.31. The van der Waals surface area contributed by atoms with Gasteiger partial charge in [-0.05, 0) is 18.6 Å². The van der Waals surface area contributed by atoms with Crippen molar-refractivity contribution in [1.82, 2.24) is 34.5 Å². The molecule has 4 heterocycles. The predicted octanol–water partition coefficient (Wildman–Crippen LogP) is 3.93. The Hall–Kier alpha value is -3.95. The maximum absolute atomic E-state index is 14.0.